The van der Waals surface area contributed by atoms with Crippen LogP contribution in [0, 0.1) is 11.6 Å². The Morgan fingerprint density at radius 2 is 1.90 bits per heavy atom. The maximum atomic E-state index is 13.8. The van der Waals surface area contributed by atoms with E-state index in [-0.39, 0.29) is 10.5 Å². The zero-order valence-electron chi connectivity index (χ0n) is 9.96. The summed E-state index contributed by atoms with van der Waals surface area (Å²) >= 11 is 0.820. The molecule has 0 bridgehead atoms. The molecular formula is C13H7F2N3OS. The molecule has 20 heavy (non-hydrogen) atoms. The second-order valence-electron chi connectivity index (χ2n) is 3.95. The van der Waals surface area contributed by atoms with Crippen molar-refractivity contribution in [3.63, 3.8) is 0 Å². The van der Waals surface area contributed by atoms with Gasteiger partial charge in [0.2, 0.25) is 5.16 Å². The van der Waals surface area contributed by atoms with Crippen LogP contribution in [0.3, 0.4) is 0 Å². The van der Waals surface area contributed by atoms with Gasteiger partial charge in [-0.2, -0.15) is 0 Å². The molecule has 0 N–H and O–H groups in total. The molecule has 0 fully saturated rings. The number of carbonyl (C=O) groups excluding carboxylic acids is 1. The number of fused-ring (bicyclic) bond motifs is 1. The average Bonchev–Trinajstić information content (AvgIpc) is 2.86. The van der Waals surface area contributed by atoms with Gasteiger partial charge in [0.25, 0.3) is 0 Å². The highest BCUT2D eigenvalue weighted by Gasteiger charge is 2.16. The highest BCUT2D eigenvalue weighted by atomic mass is 32.2. The predicted octanol–water partition coefficient (Wildman–Crippen LogP) is 2.97. The van der Waals surface area contributed by atoms with Crippen LogP contribution in [0.5, 0.6) is 0 Å². The number of pyridine rings is 1. The van der Waals surface area contributed by atoms with Crippen molar-refractivity contribution in [1.82, 2.24) is 14.6 Å². The number of benzene rings is 1. The molecule has 0 saturated heterocycles. The van der Waals surface area contributed by atoms with Gasteiger partial charge in [-0.15, -0.1) is 10.2 Å². The monoisotopic (exact) mass is 291 g/mol. The second kappa shape index (κ2) is 5.01. The van der Waals surface area contributed by atoms with Gasteiger partial charge >= 0.3 is 0 Å². The summed E-state index contributed by atoms with van der Waals surface area (Å²) in [7, 11) is 0. The van der Waals surface area contributed by atoms with E-state index in [1.165, 1.54) is 0 Å². The molecule has 1 aromatic carbocycles. The summed E-state index contributed by atoms with van der Waals surface area (Å²) in [6.07, 6.45) is 2.10. The molecule has 2 heterocycles. The molecule has 0 aliphatic carbocycles. The van der Waals surface area contributed by atoms with Gasteiger partial charge < -0.3 is 0 Å². The number of carbonyl (C=O) groups is 1. The van der Waals surface area contributed by atoms with E-state index in [1.807, 2.05) is 0 Å². The van der Waals surface area contributed by atoms with E-state index in [0.29, 0.717) is 17.1 Å². The van der Waals surface area contributed by atoms with Gasteiger partial charge in [0.15, 0.2) is 5.65 Å². The van der Waals surface area contributed by atoms with Crippen LogP contribution >= 0.6 is 11.8 Å². The maximum absolute atomic E-state index is 13.8. The Balaban J connectivity index is 2.05. The third-order valence-electron chi connectivity index (χ3n) is 2.63. The smallest absolute Gasteiger partial charge is 0.200 e. The molecule has 7 heteroatoms. The molecule has 3 rings (SSSR count). The summed E-state index contributed by atoms with van der Waals surface area (Å²) in [4.78, 5) is 10.3. The SMILES string of the molecule is O=Cc1cc(F)c(Sc2nnc3ccccn23)c(F)c1. The first kappa shape index (κ1) is 12.7. The number of hydrogen-bond donors (Lipinski definition) is 0. The summed E-state index contributed by atoms with van der Waals surface area (Å²) < 4.78 is 29.2. The lowest BCUT2D eigenvalue weighted by atomic mass is 10.2. The fourth-order valence-electron chi connectivity index (χ4n) is 1.73. The number of nitrogens with zero attached hydrogens (tertiary/aromatic N) is 3. The fourth-order valence-corrected chi connectivity index (χ4v) is 2.56. The Bertz CT molecular complexity index is 780. The Morgan fingerprint density at radius 1 is 1.15 bits per heavy atom. The lowest BCUT2D eigenvalue weighted by molar-refractivity contribution is 0.112. The van der Waals surface area contributed by atoms with Crippen LogP contribution in [0.1, 0.15) is 10.4 Å². The van der Waals surface area contributed by atoms with Crippen molar-refractivity contribution in [3.8, 4) is 0 Å². The van der Waals surface area contributed by atoms with Gasteiger partial charge in [-0.05, 0) is 36.0 Å². The van der Waals surface area contributed by atoms with Crippen molar-refractivity contribution in [3.05, 3.63) is 53.7 Å². The molecule has 0 saturated carbocycles. The molecule has 3 aromatic rings. The highest BCUT2D eigenvalue weighted by Crippen LogP contribution is 2.31. The average molecular weight is 291 g/mol. The largest absolute Gasteiger partial charge is 0.298 e. The van der Waals surface area contributed by atoms with Crippen molar-refractivity contribution in [2.24, 2.45) is 0 Å². The Labute approximate surface area is 116 Å². The maximum Gasteiger partial charge on any atom is 0.200 e. The van der Waals surface area contributed by atoms with Crippen LogP contribution in [0.25, 0.3) is 5.65 Å². The topological polar surface area (TPSA) is 47.3 Å². The summed E-state index contributed by atoms with van der Waals surface area (Å²) in [5, 5.41) is 8.13. The zero-order chi connectivity index (χ0) is 14.1. The minimum Gasteiger partial charge on any atom is -0.298 e. The minimum absolute atomic E-state index is 0.0459. The first-order valence-electron chi connectivity index (χ1n) is 5.61. The summed E-state index contributed by atoms with van der Waals surface area (Å²) in [6.45, 7) is 0. The molecule has 100 valence electrons. The third kappa shape index (κ3) is 2.16. The van der Waals surface area contributed by atoms with Gasteiger partial charge in [-0.1, -0.05) is 6.07 Å². The van der Waals surface area contributed by atoms with E-state index in [1.54, 1.807) is 28.8 Å². The van der Waals surface area contributed by atoms with Crippen LogP contribution in [-0.2, 0) is 0 Å². The van der Waals surface area contributed by atoms with Gasteiger partial charge in [-0.25, -0.2) is 8.78 Å². The quantitative estimate of drug-likeness (QED) is 0.696. The number of hydrogen-bond acceptors (Lipinski definition) is 4. The van der Waals surface area contributed by atoms with Crippen LogP contribution in [0.2, 0.25) is 0 Å². The molecule has 0 radical (unpaired) electrons. The first-order chi connectivity index (χ1) is 9.69. The molecule has 0 aliphatic rings. The Morgan fingerprint density at radius 3 is 2.60 bits per heavy atom. The number of rotatable bonds is 3. The van der Waals surface area contributed by atoms with Crippen LogP contribution < -0.4 is 0 Å². The van der Waals surface area contributed by atoms with E-state index in [4.69, 9.17) is 0 Å². The Hall–Kier alpha value is -2.28. The number of halogens is 2. The number of aromatic nitrogens is 3. The minimum atomic E-state index is -0.801. The zero-order valence-corrected chi connectivity index (χ0v) is 10.8. The van der Waals surface area contributed by atoms with Crippen molar-refractivity contribution < 1.29 is 13.6 Å². The van der Waals surface area contributed by atoms with E-state index < -0.39 is 11.6 Å². The lowest BCUT2D eigenvalue weighted by Crippen LogP contribution is -1.94. The van der Waals surface area contributed by atoms with Crippen LogP contribution in [0.4, 0.5) is 8.78 Å². The van der Waals surface area contributed by atoms with Gasteiger partial charge in [-0.3, -0.25) is 9.20 Å². The van der Waals surface area contributed by atoms with E-state index in [2.05, 4.69) is 10.2 Å². The van der Waals surface area contributed by atoms with Crippen LogP contribution in [-0.4, -0.2) is 20.9 Å². The molecule has 4 nitrogen and oxygen atoms in total. The number of aldehydes is 1. The summed E-state index contributed by atoms with van der Waals surface area (Å²) in [5.74, 6) is -1.60. The molecule has 0 atom stereocenters. The van der Waals surface area contributed by atoms with Gasteiger partial charge in [0.1, 0.15) is 17.9 Å². The molecular weight excluding hydrogens is 284 g/mol. The lowest BCUT2D eigenvalue weighted by Gasteiger charge is -2.04. The second-order valence-corrected chi connectivity index (χ2v) is 4.92. The fraction of sp³-hybridized carbons (Fsp3) is 0. The molecule has 0 aliphatic heterocycles. The molecule has 0 unspecified atom stereocenters. The first-order valence-corrected chi connectivity index (χ1v) is 6.42. The summed E-state index contributed by atoms with van der Waals surface area (Å²) in [6, 6.07) is 7.27. The van der Waals surface area contributed by atoms with Crippen LogP contribution in [0.15, 0.2) is 46.6 Å². The molecule has 2 aromatic heterocycles. The van der Waals surface area contributed by atoms with Crippen molar-refractivity contribution >= 4 is 23.7 Å². The Kier molecular flexibility index (Phi) is 3.19. The molecule has 0 spiro atoms. The van der Waals surface area contributed by atoms with E-state index in [9.17, 15) is 13.6 Å². The van der Waals surface area contributed by atoms with Gasteiger partial charge in [0.05, 0.1) is 4.90 Å². The third-order valence-corrected chi connectivity index (χ3v) is 3.69. The van der Waals surface area contributed by atoms with Crippen molar-refractivity contribution in [1.29, 1.82) is 0 Å². The van der Waals surface area contributed by atoms with Crippen molar-refractivity contribution in [2.75, 3.05) is 0 Å². The normalized spacial score (nSPS) is 10.9. The predicted molar refractivity (Wildman–Crippen MR) is 68.9 cm³/mol. The van der Waals surface area contributed by atoms with Gasteiger partial charge in [0, 0.05) is 11.8 Å². The van der Waals surface area contributed by atoms with Crippen molar-refractivity contribution in [2.45, 2.75) is 10.1 Å². The molecule has 0 amide bonds. The summed E-state index contributed by atoms with van der Waals surface area (Å²) in [5.41, 5.74) is 0.538. The van der Waals surface area contributed by atoms with E-state index in [0.717, 1.165) is 23.9 Å². The standard InChI is InChI=1S/C13H7F2N3OS/c14-9-5-8(7-19)6-10(15)12(9)20-13-17-16-11-3-1-2-4-18(11)13/h1-7H. The highest BCUT2D eigenvalue weighted by molar-refractivity contribution is 7.99. The van der Waals surface area contributed by atoms with E-state index >= 15 is 0 Å².